The summed E-state index contributed by atoms with van der Waals surface area (Å²) >= 11 is 5.32. The lowest BCUT2D eigenvalue weighted by atomic mass is 10.1. The second-order valence-corrected chi connectivity index (χ2v) is 8.86. The van der Waals surface area contributed by atoms with Crippen molar-refractivity contribution >= 4 is 55.8 Å². The molecule has 0 aliphatic heterocycles. The normalized spacial score (nSPS) is 15.9. The number of carbonyl (C=O) groups is 1. The Kier molecular flexibility index (Phi) is 6.09. The van der Waals surface area contributed by atoms with Crippen LogP contribution in [0.2, 0.25) is 0 Å². The van der Waals surface area contributed by atoms with E-state index in [9.17, 15) is 14.3 Å². The molecule has 1 unspecified atom stereocenters. The third-order valence-corrected chi connectivity index (χ3v) is 5.73. The van der Waals surface area contributed by atoms with Gasteiger partial charge in [0.25, 0.3) is 5.91 Å². The van der Waals surface area contributed by atoms with Crippen LogP contribution in [0.1, 0.15) is 35.7 Å². The summed E-state index contributed by atoms with van der Waals surface area (Å²) in [6.45, 7) is 3.44. The Labute approximate surface area is 178 Å². The lowest BCUT2D eigenvalue weighted by Crippen LogP contribution is -2.39. The number of hydroxylamine groups is 1. The van der Waals surface area contributed by atoms with E-state index < -0.39 is 17.5 Å². The maximum Gasteiger partial charge on any atom is 0.277 e. The molecule has 1 amide bonds. The summed E-state index contributed by atoms with van der Waals surface area (Å²) in [7, 11) is 0. The molecule has 0 bridgehead atoms. The van der Waals surface area contributed by atoms with E-state index in [1.165, 1.54) is 19.1 Å². The van der Waals surface area contributed by atoms with Crippen LogP contribution in [0.3, 0.4) is 0 Å². The van der Waals surface area contributed by atoms with E-state index >= 15 is 0 Å². The molecule has 2 aromatic rings. The third-order valence-electron chi connectivity index (χ3n) is 4.45. The van der Waals surface area contributed by atoms with Crippen molar-refractivity contribution in [2.75, 3.05) is 5.32 Å². The van der Waals surface area contributed by atoms with Gasteiger partial charge in [0.05, 0.1) is 15.7 Å². The molecule has 1 atom stereocenters. The van der Waals surface area contributed by atoms with Crippen LogP contribution in [0, 0.1) is 22.2 Å². The molecule has 3 rings (SSSR count). The van der Waals surface area contributed by atoms with Crippen LogP contribution in [0.25, 0.3) is 0 Å². The second kappa shape index (κ2) is 8.02. The number of aliphatic hydroxyl groups is 1. The van der Waals surface area contributed by atoms with Gasteiger partial charge in [-0.3, -0.25) is 4.79 Å². The van der Waals surface area contributed by atoms with Gasteiger partial charge < -0.3 is 10.4 Å². The highest BCUT2D eigenvalue weighted by atomic mass is 127. The summed E-state index contributed by atoms with van der Waals surface area (Å²) in [5.74, 6) is -2.50. The van der Waals surface area contributed by atoms with E-state index in [2.05, 4.69) is 49.3 Å². The molecule has 0 heterocycles. The Morgan fingerprint density at radius 2 is 2.04 bits per heavy atom. The number of nitrogens with one attached hydrogen (secondary N) is 2. The smallest absolute Gasteiger partial charge is 0.277 e. The first-order valence-corrected chi connectivity index (χ1v) is 10.3. The molecular weight excluding hydrogens is 530 g/mol. The van der Waals surface area contributed by atoms with Crippen molar-refractivity contribution in [1.29, 1.82) is 0 Å². The molecule has 1 aliphatic rings. The Hall–Kier alpha value is -1.23. The molecule has 27 heavy (non-hydrogen) atoms. The summed E-state index contributed by atoms with van der Waals surface area (Å²) in [5.41, 5.74) is 4.49. The Morgan fingerprint density at radius 3 is 2.67 bits per heavy atom. The summed E-state index contributed by atoms with van der Waals surface area (Å²) < 4.78 is 15.3. The summed E-state index contributed by atoms with van der Waals surface area (Å²) in [4.78, 5) is 17.8. The van der Waals surface area contributed by atoms with E-state index in [-0.39, 0.29) is 16.0 Å². The van der Waals surface area contributed by atoms with E-state index in [0.29, 0.717) is 5.69 Å². The molecule has 1 saturated carbocycles. The van der Waals surface area contributed by atoms with E-state index in [4.69, 9.17) is 4.84 Å². The number of hydrogen-bond donors (Lipinski definition) is 3. The van der Waals surface area contributed by atoms with Crippen LogP contribution < -0.4 is 10.8 Å². The van der Waals surface area contributed by atoms with Gasteiger partial charge in [0.1, 0.15) is 5.82 Å². The van der Waals surface area contributed by atoms with Crippen molar-refractivity contribution in [1.82, 2.24) is 5.48 Å². The van der Waals surface area contributed by atoms with E-state index in [1.807, 2.05) is 25.1 Å². The van der Waals surface area contributed by atoms with E-state index in [1.54, 1.807) is 0 Å². The molecule has 0 radical (unpaired) electrons. The minimum Gasteiger partial charge on any atom is -0.364 e. The van der Waals surface area contributed by atoms with Crippen molar-refractivity contribution in [2.45, 2.75) is 32.5 Å². The number of anilines is 2. The van der Waals surface area contributed by atoms with Crippen molar-refractivity contribution in [2.24, 2.45) is 5.92 Å². The summed E-state index contributed by atoms with van der Waals surface area (Å²) in [6, 6.07) is 8.39. The molecule has 8 heteroatoms. The van der Waals surface area contributed by atoms with Gasteiger partial charge in [0.2, 0.25) is 0 Å². The lowest BCUT2D eigenvalue weighted by molar-refractivity contribution is -0.230. The molecular formula is C19H19BrFIN2O3. The minimum atomic E-state index is -1.42. The zero-order valence-electron chi connectivity index (χ0n) is 14.8. The Morgan fingerprint density at radius 1 is 1.33 bits per heavy atom. The number of benzene rings is 2. The first-order valence-electron chi connectivity index (χ1n) is 8.40. The van der Waals surface area contributed by atoms with Gasteiger partial charge in [-0.1, -0.05) is 0 Å². The number of amides is 1. The quantitative estimate of drug-likeness (QED) is 0.269. The summed E-state index contributed by atoms with van der Waals surface area (Å²) in [5, 5.41) is 13.3. The number of carbonyl (C=O) groups excluding carboxylic acids is 1. The fraction of sp³-hybridized carbons (Fsp3) is 0.316. The molecule has 3 N–H and O–H groups in total. The molecule has 1 aliphatic carbocycles. The van der Waals surface area contributed by atoms with Gasteiger partial charge in [-0.25, -0.2) is 14.7 Å². The zero-order valence-corrected chi connectivity index (χ0v) is 18.5. The number of hydrogen-bond acceptors (Lipinski definition) is 4. The highest BCUT2D eigenvalue weighted by Gasteiger charge is 2.42. The predicted molar refractivity (Wildman–Crippen MR) is 113 cm³/mol. The molecule has 2 aromatic carbocycles. The second-order valence-electron chi connectivity index (χ2n) is 6.76. The average molecular weight is 549 g/mol. The van der Waals surface area contributed by atoms with Crippen molar-refractivity contribution in [3.05, 3.63) is 55.3 Å². The largest absolute Gasteiger partial charge is 0.364 e. The topological polar surface area (TPSA) is 70.6 Å². The maximum absolute atomic E-state index is 14.1. The third kappa shape index (κ3) is 4.98. The SMILES string of the molecule is Cc1cc(I)ccc1Nc1cc(F)c(Br)cc1C(=O)NOC(C)(O)C1CC1. The van der Waals surface area contributed by atoms with Crippen LogP contribution in [0.4, 0.5) is 15.8 Å². The van der Waals surface area contributed by atoms with Crippen LogP contribution in [0.15, 0.2) is 34.8 Å². The van der Waals surface area contributed by atoms with E-state index in [0.717, 1.165) is 27.7 Å². The van der Waals surface area contributed by atoms with Crippen molar-refractivity contribution in [3.8, 4) is 0 Å². The number of rotatable bonds is 6. The van der Waals surface area contributed by atoms with Crippen LogP contribution in [0.5, 0.6) is 0 Å². The first kappa shape index (κ1) is 20.5. The van der Waals surface area contributed by atoms with Crippen LogP contribution in [-0.2, 0) is 4.84 Å². The lowest BCUT2D eigenvalue weighted by Gasteiger charge is -2.23. The predicted octanol–water partition coefficient (Wildman–Crippen LogP) is 5.02. The molecule has 1 fully saturated rings. The molecule has 0 aromatic heterocycles. The van der Waals surface area contributed by atoms with Gasteiger partial charge >= 0.3 is 0 Å². The average Bonchev–Trinajstić information content (AvgIpc) is 3.44. The minimum absolute atomic E-state index is 0.00444. The van der Waals surface area contributed by atoms with Crippen molar-refractivity contribution < 1.29 is 19.1 Å². The Bertz CT molecular complexity index is 887. The van der Waals surface area contributed by atoms with Gasteiger partial charge in [0, 0.05) is 15.2 Å². The van der Waals surface area contributed by atoms with Crippen LogP contribution >= 0.6 is 38.5 Å². The van der Waals surface area contributed by atoms with Crippen molar-refractivity contribution in [3.63, 3.8) is 0 Å². The first-order chi connectivity index (χ1) is 12.7. The van der Waals surface area contributed by atoms with Crippen LogP contribution in [-0.4, -0.2) is 16.8 Å². The maximum atomic E-state index is 14.1. The zero-order chi connectivity index (χ0) is 19.8. The highest BCUT2D eigenvalue weighted by Crippen LogP contribution is 2.39. The van der Waals surface area contributed by atoms with Gasteiger partial charge in [0.15, 0.2) is 5.79 Å². The fourth-order valence-corrected chi connectivity index (χ4v) is 3.65. The fourth-order valence-electron chi connectivity index (χ4n) is 2.66. The highest BCUT2D eigenvalue weighted by molar-refractivity contribution is 14.1. The monoisotopic (exact) mass is 548 g/mol. The van der Waals surface area contributed by atoms with Gasteiger partial charge in [-0.05, 0) is 101 Å². The number of aryl methyl sites for hydroxylation is 1. The standard InChI is InChI=1S/C19H19BrFIN2O3/c1-10-7-12(22)5-6-16(10)23-17-9-15(21)14(20)8-13(17)18(25)24-27-19(2,26)11-3-4-11/h5-9,11,23,26H,3-4H2,1-2H3,(H,24,25). The Balaban J connectivity index is 1.85. The summed E-state index contributed by atoms with van der Waals surface area (Å²) in [6.07, 6.45) is 1.70. The van der Waals surface area contributed by atoms with Gasteiger partial charge in [-0.2, -0.15) is 0 Å². The number of halogens is 3. The molecule has 144 valence electrons. The molecule has 5 nitrogen and oxygen atoms in total. The van der Waals surface area contributed by atoms with Gasteiger partial charge in [-0.15, -0.1) is 0 Å². The molecule has 0 spiro atoms. The molecule has 0 saturated heterocycles.